The second-order valence-electron chi connectivity index (χ2n) is 6.06. The molecule has 2 saturated heterocycles. The second-order valence-corrected chi connectivity index (χ2v) is 6.06. The van der Waals surface area contributed by atoms with Crippen LogP contribution in [0.15, 0.2) is 0 Å². The number of carbonyl (C=O) groups excluding carboxylic acids is 1. The predicted molar refractivity (Wildman–Crippen MR) is 70.3 cm³/mol. The number of amides is 1. The van der Waals surface area contributed by atoms with Gasteiger partial charge < -0.3 is 15.3 Å². The van der Waals surface area contributed by atoms with Crippen molar-refractivity contribution in [3.05, 3.63) is 0 Å². The van der Waals surface area contributed by atoms with Crippen LogP contribution in [-0.2, 0) is 4.79 Å². The molecule has 2 fully saturated rings. The Morgan fingerprint density at radius 1 is 1.33 bits per heavy atom. The van der Waals surface area contributed by atoms with Crippen LogP contribution in [0.25, 0.3) is 0 Å². The van der Waals surface area contributed by atoms with Gasteiger partial charge in [0.15, 0.2) is 0 Å². The first-order chi connectivity index (χ1) is 8.46. The molecule has 2 rings (SSSR count). The average Bonchev–Trinajstić information content (AvgIpc) is 2.80. The maximum Gasteiger partial charge on any atom is 0.239 e. The number of β-amino-alcohol motifs (C(OH)–C–C–N with tert-alkyl or cyclic N) is 1. The number of nitrogens with one attached hydrogen (secondary N) is 1. The van der Waals surface area contributed by atoms with Crippen molar-refractivity contribution in [2.75, 3.05) is 39.3 Å². The van der Waals surface area contributed by atoms with Gasteiger partial charge in [0.1, 0.15) is 0 Å². The van der Waals surface area contributed by atoms with Crippen LogP contribution in [0.3, 0.4) is 0 Å². The molecule has 1 atom stereocenters. The van der Waals surface area contributed by atoms with Crippen LogP contribution in [0.5, 0.6) is 0 Å². The summed E-state index contributed by atoms with van der Waals surface area (Å²) < 4.78 is 0. The zero-order valence-electron chi connectivity index (χ0n) is 11.5. The molecule has 18 heavy (non-hydrogen) atoms. The van der Waals surface area contributed by atoms with E-state index in [1.807, 2.05) is 18.7 Å². The molecule has 0 aliphatic carbocycles. The highest BCUT2D eigenvalue weighted by Gasteiger charge is 2.30. The molecule has 0 spiro atoms. The lowest BCUT2D eigenvalue weighted by molar-refractivity contribution is -0.135. The van der Waals surface area contributed by atoms with Gasteiger partial charge in [0.2, 0.25) is 5.91 Å². The van der Waals surface area contributed by atoms with Crippen LogP contribution in [0.4, 0.5) is 0 Å². The molecule has 2 aliphatic heterocycles. The zero-order chi connectivity index (χ0) is 13.2. The molecule has 2 heterocycles. The minimum atomic E-state index is -0.654. The number of rotatable bonds is 3. The van der Waals surface area contributed by atoms with E-state index < -0.39 is 5.60 Å². The van der Waals surface area contributed by atoms with E-state index in [0.717, 1.165) is 45.6 Å². The molecular formula is C13H25N3O2. The molecule has 5 heteroatoms. The maximum absolute atomic E-state index is 12.2. The van der Waals surface area contributed by atoms with Gasteiger partial charge in [0.05, 0.1) is 11.6 Å². The maximum atomic E-state index is 12.2. The lowest BCUT2D eigenvalue weighted by Gasteiger charge is -2.38. The fourth-order valence-electron chi connectivity index (χ4n) is 2.79. The minimum Gasteiger partial charge on any atom is -0.389 e. The molecule has 0 saturated carbocycles. The van der Waals surface area contributed by atoms with Crippen molar-refractivity contribution in [3.63, 3.8) is 0 Å². The van der Waals surface area contributed by atoms with Crippen molar-refractivity contribution in [1.82, 2.24) is 15.1 Å². The first kappa shape index (κ1) is 13.8. The Morgan fingerprint density at radius 3 is 2.50 bits per heavy atom. The highest BCUT2D eigenvalue weighted by molar-refractivity contribution is 5.82. The lowest BCUT2D eigenvalue weighted by Crippen LogP contribution is -2.54. The molecular weight excluding hydrogens is 230 g/mol. The van der Waals surface area contributed by atoms with Crippen LogP contribution >= 0.6 is 0 Å². The fourth-order valence-corrected chi connectivity index (χ4v) is 2.79. The highest BCUT2D eigenvalue weighted by Crippen LogP contribution is 2.12. The topological polar surface area (TPSA) is 55.8 Å². The van der Waals surface area contributed by atoms with Crippen LogP contribution in [0.2, 0.25) is 0 Å². The van der Waals surface area contributed by atoms with Crippen molar-refractivity contribution < 1.29 is 9.90 Å². The number of carbonyl (C=O) groups is 1. The van der Waals surface area contributed by atoms with Crippen LogP contribution < -0.4 is 5.32 Å². The van der Waals surface area contributed by atoms with E-state index in [4.69, 9.17) is 0 Å². The number of hydrogen-bond acceptors (Lipinski definition) is 4. The first-order valence-electron chi connectivity index (χ1n) is 6.93. The van der Waals surface area contributed by atoms with Gasteiger partial charge in [-0.15, -0.1) is 0 Å². The molecule has 0 radical (unpaired) electrons. The molecule has 0 unspecified atom stereocenters. The Balaban J connectivity index is 1.77. The van der Waals surface area contributed by atoms with Crippen molar-refractivity contribution in [2.45, 2.75) is 38.3 Å². The van der Waals surface area contributed by atoms with Gasteiger partial charge in [-0.25, -0.2) is 0 Å². The normalized spacial score (nSPS) is 26.6. The third kappa shape index (κ3) is 3.67. The Morgan fingerprint density at radius 2 is 2.00 bits per heavy atom. The Hall–Kier alpha value is -0.650. The summed E-state index contributed by atoms with van der Waals surface area (Å²) in [6.45, 7) is 8.59. The van der Waals surface area contributed by atoms with Gasteiger partial charge in [-0.1, -0.05) is 0 Å². The number of hydrogen-bond donors (Lipinski definition) is 2. The quantitative estimate of drug-likeness (QED) is 0.724. The lowest BCUT2D eigenvalue weighted by atomic mass is 10.1. The number of piperazine rings is 1. The molecule has 0 aromatic rings. The van der Waals surface area contributed by atoms with Gasteiger partial charge >= 0.3 is 0 Å². The Kier molecular flexibility index (Phi) is 4.25. The van der Waals surface area contributed by atoms with Gasteiger partial charge in [0, 0.05) is 32.7 Å². The number of nitrogens with zero attached hydrogens (tertiary/aromatic N) is 2. The molecule has 1 amide bonds. The summed E-state index contributed by atoms with van der Waals surface area (Å²) >= 11 is 0. The summed E-state index contributed by atoms with van der Waals surface area (Å²) in [4.78, 5) is 16.4. The smallest absolute Gasteiger partial charge is 0.239 e. The predicted octanol–water partition coefficient (Wildman–Crippen LogP) is -0.346. The molecule has 2 N–H and O–H groups in total. The Bertz CT molecular complexity index is 287. The van der Waals surface area contributed by atoms with E-state index in [0.29, 0.717) is 6.54 Å². The van der Waals surface area contributed by atoms with Crippen molar-refractivity contribution in [3.8, 4) is 0 Å². The molecule has 104 valence electrons. The van der Waals surface area contributed by atoms with Crippen molar-refractivity contribution in [1.29, 1.82) is 0 Å². The summed E-state index contributed by atoms with van der Waals surface area (Å²) in [6.07, 6.45) is 2.08. The van der Waals surface area contributed by atoms with E-state index in [9.17, 15) is 9.90 Å². The zero-order valence-corrected chi connectivity index (χ0v) is 11.5. The van der Waals surface area contributed by atoms with Gasteiger partial charge in [-0.05, 0) is 33.2 Å². The van der Waals surface area contributed by atoms with Gasteiger partial charge in [-0.2, -0.15) is 0 Å². The average molecular weight is 255 g/mol. The molecule has 0 bridgehead atoms. The molecule has 0 aromatic carbocycles. The SMILES string of the molecule is CC(C)(O)CN1CCN(C(=O)[C@@H]2CCCN2)CC1. The summed E-state index contributed by atoms with van der Waals surface area (Å²) in [5.74, 6) is 0.260. The monoisotopic (exact) mass is 255 g/mol. The third-order valence-electron chi connectivity index (χ3n) is 3.65. The van der Waals surface area contributed by atoms with Gasteiger partial charge in [0.25, 0.3) is 0 Å². The van der Waals surface area contributed by atoms with E-state index in [1.54, 1.807) is 0 Å². The van der Waals surface area contributed by atoms with Crippen molar-refractivity contribution in [2.24, 2.45) is 0 Å². The van der Waals surface area contributed by atoms with E-state index in [1.165, 1.54) is 0 Å². The van der Waals surface area contributed by atoms with Crippen LogP contribution in [0, 0.1) is 0 Å². The highest BCUT2D eigenvalue weighted by atomic mass is 16.3. The first-order valence-corrected chi connectivity index (χ1v) is 6.93. The van der Waals surface area contributed by atoms with Gasteiger partial charge in [-0.3, -0.25) is 9.69 Å². The molecule has 5 nitrogen and oxygen atoms in total. The minimum absolute atomic E-state index is 0.0471. The molecule has 0 aromatic heterocycles. The largest absolute Gasteiger partial charge is 0.389 e. The van der Waals surface area contributed by atoms with E-state index in [2.05, 4.69) is 10.2 Å². The Labute approximate surface area is 109 Å². The van der Waals surface area contributed by atoms with Crippen LogP contribution in [0.1, 0.15) is 26.7 Å². The second kappa shape index (κ2) is 5.55. The van der Waals surface area contributed by atoms with E-state index in [-0.39, 0.29) is 11.9 Å². The standard InChI is InChI=1S/C13H25N3O2/c1-13(2,18)10-15-6-8-16(9-7-15)12(17)11-4-3-5-14-11/h11,14,18H,3-10H2,1-2H3/t11-/m0/s1. The third-order valence-corrected chi connectivity index (χ3v) is 3.65. The van der Waals surface area contributed by atoms with E-state index >= 15 is 0 Å². The molecule has 2 aliphatic rings. The fraction of sp³-hybridized carbons (Fsp3) is 0.923. The number of aliphatic hydroxyl groups is 1. The summed E-state index contributed by atoms with van der Waals surface area (Å²) in [5.41, 5.74) is -0.654. The van der Waals surface area contributed by atoms with Crippen molar-refractivity contribution >= 4 is 5.91 Å². The summed E-state index contributed by atoms with van der Waals surface area (Å²) in [5, 5.41) is 13.0. The summed E-state index contributed by atoms with van der Waals surface area (Å²) in [7, 11) is 0. The van der Waals surface area contributed by atoms with Crippen LogP contribution in [-0.4, -0.2) is 71.7 Å². The summed E-state index contributed by atoms with van der Waals surface area (Å²) in [6, 6.07) is 0.0471.